The molecule has 0 spiro atoms. The van der Waals surface area contributed by atoms with Gasteiger partial charge in [0.1, 0.15) is 11.6 Å². The van der Waals surface area contributed by atoms with Gasteiger partial charge in [0.25, 0.3) is 0 Å². The monoisotopic (exact) mass is 271 g/mol. The highest BCUT2D eigenvalue weighted by Gasteiger charge is 2.23. The summed E-state index contributed by atoms with van der Waals surface area (Å²) in [5, 5.41) is 2.51. The first-order chi connectivity index (χ1) is 8.65. The molecule has 0 aromatic heterocycles. The van der Waals surface area contributed by atoms with E-state index < -0.39 is 23.7 Å². The van der Waals surface area contributed by atoms with Gasteiger partial charge in [-0.25, -0.2) is 9.59 Å². The number of hydrogen-bond acceptors (Lipinski definition) is 4. The molecule has 5 nitrogen and oxygen atoms in total. The Balaban J connectivity index is 4.52. The number of carbonyl (C=O) groups excluding carboxylic acids is 2. The third-order valence-corrected chi connectivity index (χ3v) is 2.07. The second kappa shape index (κ2) is 7.81. The predicted molar refractivity (Wildman–Crippen MR) is 73.8 cm³/mol. The Morgan fingerprint density at radius 2 is 1.84 bits per heavy atom. The van der Waals surface area contributed by atoms with Crippen molar-refractivity contribution in [2.24, 2.45) is 5.92 Å². The van der Waals surface area contributed by atoms with Gasteiger partial charge in [-0.05, 0) is 33.1 Å². The van der Waals surface area contributed by atoms with E-state index in [9.17, 15) is 9.59 Å². The molecule has 0 saturated heterocycles. The quantitative estimate of drug-likeness (QED) is 0.616. The van der Waals surface area contributed by atoms with Crippen LogP contribution < -0.4 is 5.32 Å². The number of carbonyl (C=O) groups is 2. The van der Waals surface area contributed by atoms with Crippen LogP contribution in [0.15, 0.2) is 12.2 Å². The normalized spacial score (nSPS) is 13.4. The lowest BCUT2D eigenvalue weighted by molar-refractivity contribution is -0.143. The number of hydrogen-bond donors (Lipinski definition) is 1. The summed E-state index contributed by atoms with van der Waals surface area (Å²) in [7, 11) is 1.29. The minimum Gasteiger partial charge on any atom is -0.467 e. The Labute approximate surface area is 115 Å². The van der Waals surface area contributed by atoms with E-state index >= 15 is 0 Å². The molecule has 1 N–H and O–H groups in total. The van der Waals surface area contributed by atoms with Crippen molar-refractivity contribution < 1.29 is 19.1 Å². The molecule has 0 aromatic rings. The minimum atomic E-state index is -0.727. The van der Waals surface area contributed by atoms with Gasteiger partial charge in [0, 0.05) is 0 Å². The van der Waals surface area contributed by atoms with E-state index in [0.717, 1.165) is 0 Å². The van der Waals surface area contributed by atoms with Crippen LogP contribution in [0.5, 0.6) is 0 Å². The molecular formula is C14H25NO4. The number of methoxy groups -OCH3 is 1. The second-order valence-electron chi connectivity index (χ2n) is 5.63. The van der Waals surface area contributed by atoms with Crippen molar-refractivity contribution in [3.8, 4) is 0 Å². The number of ether oxygens (including phenoxy) is 2. The van der Waals surface area contributed by atoms with E-state index in [4.69, 9.17) is 4.74 Å². The molecule has 0 aromatic carbocycles. The van der Waals surface area contributed by atoms with Crippen molar-refractivity contribution >= 4 is 12.1 Å². The molecule has 110 valence electrons. The largest absolute Gasteiger partial charge is 0.467 e. The van der Waals surface area contributed by atoms with Crippen LogP contribution in [-0.4, -0.2) is 30.8 Å². The second-order valence-corrected chi connectivity index (χ2v) is 5.63. The zero-order valence-electron chi connectivity index (χ0n) is 12.6. The first-order valence-electron chi connectivity index (χ1n) is 6.39. The number of amides is 1. The van der Waals surface area contributed by atoms with Crippen LogP contribution in [0.3, 0.4) is 0 Å². The smallest absolute Gasteiger partial charge is 0.408 e. The Hall–Kier alpha value is -1.52. The molecule has 0 unspecified atom stereocenters. The molecule has 0 radical (unpaired) electrons. The van der Waals surface area contributed by atoms with Crippen LogP contribution in [0.4, 0.5) is 4.79 Å². The van der Waals surface area contributed by atoms with Gasteiger partial charge >= 0.3 is 12.1 Å². The predicted octanol–water partition coefficient (Wildman–Crippen LogP) is 2.66. The fourth-order valence-corrected chi connectivity index (χ4v) is 1.29. The summed E-state index contributed by atoms with van der Waals surface area (Å²) in [6, 6.07) is -0.727. The van der Waals surface area contributed by atoms with Crippen molar-refractivity contribution in [3.63, 3.8) is 0 Å². The molecule has 19 heavy (non-hydrogen) atoms. The van der Waals surface area contributed by atoms with Crippen LogP contribution in [0.1, 0.15) is 41.0 Å². The maximum Gasteiger partial charge on any atom is 0.408 e. The lowest BCUT2D eigenvalue weighted by Gasteiger charge is -2.22. The summed E-state index contributed by atoms with van der Waals surface area (Å²) < 4.78 is 9.77. The zero-order chi connectivity index (χ0) is 15.1. The van der Waals surface area contributed by atoms with Crippen molar-refractivity contribution in [1.82, 2.24) is 5.32 Å². The summed E-state index contributed by atoms with van der Waals surface area (Å²) in [4.78, 5) is 23.2. The topological polar surface area (TPSA) is 64.6 Å². The zero-order valence-corrected chi connectivity index (χ0v) is 12.6. The average Bonchev–Trinajstić information content (AvgIpc) is 2.23. The Bertz CT molecular complexity index is 329. The third-order valence-electron chi connectivity index (χ3n) is 2.07. The molecule has 1 atom stereocenters. The van der Waals surface area contributed by atoms with Gasteiger partial charge in [0.2, 0.25) is 0 Å². The SMILES string of the molecule is COC(=O)[C@H](CC=CC(C)C)NC(=O)OC(C)(C)C. The van der Waals surface area contributed by atoms with E-state index in [1.165, 1.54) is 7.11 Å². The number of nitrogens with one attached hydrogen (secondary N) is 1. The van der Waals surface area contributed by atoms with E-state index in [-0.39, 0.29) is 0 Å². The lowest BCUT2D eigenvalue weighted by atomic mass is 10.1. The summed E-state index contributed by atoms with van der Waals surface area (Å²) in [6.45, 7) is 9.35. The average molecular weight is 271 g/mol. The highest BCUT2D eigenvalue weighted by molar-refractivity contribution is 5.81. The van der Waals surface area contributed by atoms with Crippen LogP contribution in [0.25, 0.3) is 0 Å². The van der Waals surface area contributed by atoms with Gasteiger partial charge < -0.3 is 14.8 Å². The molecule has 0 aliphatic rings. The lowest BCUT2D eigenvalue weighted by Crippen LogP contribution is -2.43. The number of esters is 1. The molecule has 0 aliphatic heterocycles. The van der Waals surface area contributed by atoms with Gasteiger partial charge in [-0.2, -0.15) is 0 Å². The molecule has 0 saturated carbocycles. The van der Waals surface area contributed by atoms with Gasteiger partial charge in [0.05, 0.1) is 7.11 Å². The first kappa shape index (κ1) is 17.5. The number of allylic oxidation sites excluding steroid dienone is 1. The molecule has 0 fully saturated rings. The molecule has 0 heterocycles. The molecule has 1 amide bonds. The standard InChI is InChI=1S/C14H25NO4/c1-10(2)8-7-9-11(12(16)18-6)15-13(17)19-14(3,4)5/h7-8,10-11H,9H2,1-6H3,(H,15,17)/t11-/m0/s1. The van der Waals surface area contributed by atoms with E-state index in [1.807, 2.05) is 26.0 Å². The minimum absolute atomic E-state index is 0.379. The van der Waals surface area contributed by atoms with E-state index in [1.54, 1.807) is 20.8 Å². The molecule has 0 bridgehead atoms. The van der Waals surface area contributed by atoms with Gasteiger partial charge in [-0.1, -0.05) is 26.0 Å². The maximum absolute atomic E-state index is 11.6. The first-order valence-corrected chi connectivity index (χ1v) is 6.39. The molecular weight excluding hydrogens is 246 g/mol. The Morgan fingerprint density at radius 3 is 2.26 bits per heavy atom. The molecule has 5 heteroatoms. The summed E-state index contributed by atoms with van der Waals surface area (Å²) >= 11 is 0. The summed E-state index contributed by atoms with van der Waals surface area (Å²) in [6.07, 6.45) is 3.57. The van der Waals surface area contributed by atoms with Crippen LogP contribution in [-0.2, 0) is 14.3 Å². The van der Waals surface area contributed by atoms with Crippen molar-refractivity contribution in [3.05, 3.63) is 12.2 Å². The van der Waals surface area contributed by atoms with Crippen molar-refractivity contribution in [2.75, 3.05) is 7.11 Å². The molecule has 0 aliphatic carbocycles. The van der Waals surface area contributed by atoms with Crippen LogP contribution >= 0.6 is 0 Å². The maximum atomic E-state index is 11.6. The third kappa shape index (κ3) is 9.11. The fraction of sp³-hybridized carbons (Fsp3) is 0.714. The fourth-order valence-electron chi connectivity index (χ4n) is 1.29. The highest BCUT2D eigenvalue weighted by atomic mass is 16.6. The summed E-state index contributed by atoms with van der Waals surface area (Å²) in [5.74, 6) is -0.0981. The Morgan fingerprint density at radius 1 is 1.26 bits per heavy atom. The van der Waals surface area contributed by atoms with Crippen LogP contribution in [0.2, 0.25) is 0 Å². The van der Waals surface area contributed by atoms with Gasteiger partial charge in [0.15, 0.2) is 0 Å². The van der Waals surface area contributed by atoms with Crippen LogP contribution in [0, 0.1) is 5.92 Å². The summed E-state index contributed by atoms with van der Waals surface area (Å²) in [5.41, 5.74) is -0.599. The van der Waals surface area contributed by atoms with Gasteiger partial charge in [-0.15, -0.1) is 0 Å². The molecule has 0 rings (SSSR count). The Kier molecular flexibility index (Phi) is 7.19. The van der Waals surface area contributed by atoms with Gasteiger partial charge in [-0.3, -0.25) is 0 Å². The van der Waals surface area contributed by atoms with E-state index in [0.29, 0.717) is 12.3 Å². The van der Waals surface area contributed by atoms with Crippen molar-refractivity contribution in [1.29, 1.82) is 0 Å². The number of rotatable bonds is 5. The van der Waals surface area contributed by atoms with E-state index in [2.05, 4.69) is 10.1 Å². The van der Waals surface area contributed by atoms with Crippen molar-refractivity contribution in [2.45, 2.75) is 52.7 Å². The highest BCUT2D eigenvalue weighted by Crippen LogP contribution is 2.08. The number of alkyl carbamates (subject to hydrolysis) is 1.